The molecule has 0 bridgehead atoms. The summed E-state index contributed by atoms with van der Waals surface area (Å²) in [5.41, 5.74) is 2.33. The third-order valence-electron chi connectivity index (χ3n) is 4.93. The second kappa shape index (κ2) is 8.91. The average molecular weight is 368 g/mol. The van der Waals surface area contributed by atoms with E-state index in [9.17, 15) is 4.79 Å². The van der Waals surface area contributed by atoms with Crippen LogP contribution in [0.1, 0.15) is 37.0 Å². The van der Waals surface area contributed by atoms with Gasteiger partial charge in [0.05, 0.1) is 24.5 Å². The van der Waals surface area contributed by atoms with E-state index in [0.29, 0.717) is 18.1 Å². The van der Waals surface area contributed by atoms with Gasteiger partial charge in [-0.1, -0.05) is 26.0 Å². The molecule has 3 rings (SSSR count). The fraction of sp³-hybridized carbons (Fsp3) is 0.409. The van der Waals surface area contributed by atoms with Crippen LogP contribution in [0.15, 0.2) is 48.5 Å². The van der Waals surface area contributed by atoms with E-state index >= 15 is 0 Å². The summed E-state index contributed by atoms with van der Waals surface area (Å²) in [6, 6.07) is 15.4. The lowest BCUT2D eigenvalue weighted by molar-refractivity contribution is -0.0233. The summed E-state index contributed by atoms with van der Waals surface area (Å²) in [5.74, 6) is 1.19. The topological polar surface area (TPSA) is 59.6 Å². The predicted octanol–water partition coefficient (Wildman–Crippen LogP) is 4.37. The highest BCUT2D eigenvalue weighted by atomic mass is 16.5. The van der Waals surface area contributed by atoms with Crippen LogP contribution in [0.3, 0.4) is 0 Å². The molecule has 0 saturated carbocycles. The molecular weight excluding hydrogens is 340 g/mol. The van der Waals surface area contributed by atoms with E-state index in [2.05, 4.69) is 24.5 Å². The lowest BCUT2D eigenvalue weighted by Crippen LogP contribution is -2.43. The largest absolute Gasteiger partial charge is 0.497 e. The maximum absolute atomic E-state index is 12.9. The Balaban J connectivity index is 1.69. The number of methoxy groups -OCH3 is 1. The Morgan fingerprint density at radius 3 is 2.59 bits per heavy atom. The molecule has 27 heavy (non-hydrogen) atoms. The van der Waals surface area contributed by atoms with Gasteiger partial charge in [-0.05, 0) is 55.2 Å². The van der Waals surface area contributed by atoms with Gasteiger partial charge in [0, 0.05) is 18.3 Å². The molecule has 2 aromatic carbocycles. The minimum Gasteiger partial charge on any atom is -0.497 e. The normalized spacial score (nSPS) is 19.6. The monoisotopic (exact) mass is 368 g/mol. The zero-order valence-electron chi connectivity index (χ0n) is 16.2. The standard InChI is InChI=1S/C22H28N2O3/c1-15(2)21-14-17(12-13-27-21)24-22(25)19-6-4-5-7-20(19)23-16-8-10-18(26-3)11-9-16/h4-11,15,17,21,23H,12-14H2,1-3H3,(H,24,25)/t17-,21+/m1/s1. The SMILES string of the molecule is COc1ccc(Nc2ccccc2C(=O)N[C@@H]2CCO[C@H](C(C)C)C2)cc1. The minimum absolute atomic E-state index is 0.0546. The number of benzene rings is 2. The Kier molecular flexibility index (Phi) is 6.35. The Morgan fingerprint density at radius 2 is 1.89 bits per heavy atom. The van der Waals surface area contributed by atoms with Gasteiger partial charge in [0.25, 0.3) is 5.91 Å². The van der Waals surface area contributed by atoms with Crippen LogP contribution in [0.4, 0.5) is 11.4 Å². The van der Waals surface area contributed by atoms with Crippen LogP contribution in [-0.4, -0.2) is 31.8 Å². The van der Waals surface area contributed by atoms with E-state index in [-0.39, 0.29) is 18.1 Å². The van der Waals surface area contributed by atoms with Crippen molar-refractivity contribution in [3.63, 3.8) is 0 Å². The minimum atomic E-state index is -0.0546. The van der Waals surface area contributed by atoms with Crippen molar-refractivity contribution in [2.45, 2.75) is 38.8 Å². The van der Waals surface area contributed by atoms with Gasteiger partial charge < -0.3 is 20.1 Å². The third-order valence-corrected chi connectivity index (χ3v) is 4.93. The van der Waals surface area contributed by atoms with Crippen molar-refractivity contribution in [3.05, 3.63) is 54.1 Å². The molecule has 2 atom stereocenters. The second-order valence-electron chi connectivity index (χ2n) is 7.25. The van der Waals surface area contributed by atoms with Crippen molar-refractivity contribution in [2.75, 3.05) is 19.0 Å². The molecule has 2 aromatic rings. The number of amides is 1. The first-order valence-electron chi connectivity index (χ1n) is 9.49. The van der Waals surface area contributed by atoms with E-state index in [1.54, 1.807) is 7.11 Å². The average Bonchev–Trinajstić information content (AvgIpc) is 2.69. The summed E-state index contributed by atoms with van der Waals surface area (Å²) in [4.78, 5) is 12.9. The van der Waals surface area contributed by atoms with Crippen LogP contribution >= 0.6 is 0 Å². The fourth-order valence-corrected chi connectivity index (χ4v) is 3.31. The van der Waals surface area contributed by atoms with Crippen LogP contribution in [0, 0.1) is 5.92 Å². The van der Waals surface area contributed by atoms with Gasteiger partial charge in [-0.25, -0.2) is 0 Å². The van der Waals surface area contributed by atoms with Crippen molar-refractivity contribution < 1.29 is 14.3 Å². The summed E-state index contributed by atoms with van der Waals surface area (Å²) in [6.45, 7) is 5.01. The van der Waals surface area contributed by atoms with E-state index < -0.39 is 0 Å². The van der Waals surface area contributed by atoms with Gasteiger partial charge in [0.15, 0.2) is 0 Å². The lowest BCUT2D eigenvalue weighted by atomic mass is 9.95. The highest BCUT2D eigenvalue weighted by molar-refractivity contribution is 6.00. The van der Waals surface area contributed by atoms with Crippen molar-refractivity contribution >= 4 is 17.3 Å². The van der Waals surface area contributed by atoms with E-state index in [1.165, 1.54) is 0 Å². The first kappa shape index (κ1) is 19.2. The molecule has 1 aliphatic rings. The van der Waals surface area contributed by atoms with Crippen LogP contribution < -0.4 is 15.4 Å². The number of carbonyl (C=O) groups is 1. The van der Waals surface area contributed by atoms with Crippen LogP contribution in [0.2, 0.25) is 0 Å². The zero-order chi connectivity index (χ0) is 19.2. The molecule has 0 radical (unpaired) electrons. The molecule has 0 aromatic heterocycles. The van der Waals surface area contributed by atoms with Crippen LogP contribution in [-0.2, 0) is 4.74 Å². The van der Waals surface area contributed by atoms with Gasteiger partial charge in [-0.15, -0.1) is 0 Å². The first-order chi connectivity index (χ1) is 13.1. The number of hydrogen-bond donors (Lipinski definition) is 2. The van der Waals surface area contributed by atoms with Gasteiger partial charge >= 0.3 is 0 Å². The molecule has 1 heterocycles. The van der Waals surface area contributed by atoms with E-state index in [1.807, 2.05) is 48.5 Å². The van der Waals surface area contributed by atoms with Gasteiger partial charge in [0.1, 0.15) is 5.75 Å². The van der Waals surface area contributed by atoms with Crippen molar-refractivity contribution in [3.8, 4) is 5.75 Å². The Morgan fingerprint density at radius 1 is 1.15 bits per heavy atom. The molecule has 5 nitrogen and oxygen atoms in total. The molecular formula is C22H28N2O3. The molecule has 144 valence electrons. The predicted molar refractivity (Wildman–Crippen MR) is 108 cm³/mol. The molecule has 1 fully saturated rings. The summed E-state index contributed by atoms with van der Waals surface area (Å²) < 4.78 is 11.0. The summed E-state index contributed by atoms with van der Waals surface area (Å²) in [7, 11) is 1.64. The number of ether oxygens (including phenoxy) is 2. The Bertz CT molecular complexity index is 758. The zero-order valence-corrected chi connectivity index (χ0v) is 16.2. The van der Waals surface area contributed by atoms with Crippen molar-refractivity contribution in [2.24, 2.45) is 5.92 Å². The molecule has 5 heteroatoms. The number of hydrogen-bond acceptors (Lipinski definition) is 4. The maximum Gasteiger partial charge on any atom is 0.253 e. The molecule has 1 amide bonds. The Hall–Kier alpha value is -2.53. The molecule has 1 aliphatic heterocycles. The number of carbonyl (C=O) groups excluding carboxylic acids is 1. The number of anilines is 2. The molecule has 0 unspecified atom stereocenters. The van der Waals surface area contributed by atoms with E-state index in [4.69, 9.17) is 9.47 Å². The van der Waals surface area contributed by atoms with Gasteiger partial charge in [-0.2, -0.15) is 0 Å². The Labute approximate surface area is 161 Å². The number of para-hydroxylation sites is 1. The van der Waals surface area contributed by atoms with Crippen LogP contribution in [0.5, 0.6) is 5.75 Å². The fourth-order valence-electron chi connectivity index (χ4n) is 3.31. The highest BCUT2D eigenvalue weighted by Gasteiger charge is 2.26. The lowest BCUT2D eigenvalue weighted by Gasteiger charge is -2.32. The van der Waals surface area contributed by atoms with E-state index in [0.717, 1.165) is 30.0 Å². The first-order valence-corrected chi connectivity index (χ1v) is 9.49. The second-order valence-corrected chi connectivity index (χ2v) is 7.25. The smallest absolute Gasteiger partial charge is 0.253 e. The van der Waals surface area contributed by atoms with Gasteiger partial charge in [0.2, 0.25) is 0 Å². The molecule has 1 saturated heterocycles. The highest BCUT2D eigenvalue weighted by Crippen LogP contribution is 2.24. The molecule has 2 N–H and O–H groups in total. The van der Waals surface area contributed by atoms with Gasteiger partial charge in [-0.3, -0.25) is 4.79 Å². The third kappa shape index (κ3) is 5.01. The summed E-state index contributed by atoms with van der Waals surface area (Å²) in [6.07, 6.45) is 1.91. The number of rotatable bonds is 6. The number of nitrogens with one attached hydrogen (secondary N) is 2. The molecule has 0 aliphatic carbocycles. The van der Waals surface area contributed by atoms with Crippen LogP contribution in [0.25, 0.3) is 0 Å². The molecule has 0 spiro atoms. The maximum atomic E-state index is 12.9. The summed E-state index contributed by atoms with van der Waals surface area (Å²) in [5, 5.41) is 6.51. The quantitative estimate of drug-likeness (QED) is 0.795. The summed E-state index contributed by atoms with van der Waals surface area (Å²) >= 11 is 0. The van der Waals surface area contributed by atoms with Crippen molar-refractivity contribution in [1.29, 1.82) is 0 Å². The van der Waals surface area contributed by atoms with Crippen molar-refractivity contribution in [1.82, 2.24) is 5.32 Å².